The number of nitrogens with two attached hydrogens (primary N) is 1. The van der Waals surface area contributed by atoms with Crippen molar-refractivity contribution in [1.82, 2.24) is 4.90 Å². The summed E-state index contributed by atoms with van der Waals surface area (Å²) >= 11 is 1.51. The zero-order chi connectivity index (χ0) is 16.6. The van der Waals surface area contributed by atoms with Crippen LogP contribution in [0, 0.1) is 12.8 Å². The molecule has 1 aromatic heterocycles. The van der Waals surface area contributed by atoms with Crippen LogP contribution in [0.25, 0.3) is 10.1 Å². The van der Waals surface area contributed by atoms with Gasteiger partial charge >= 0.3 is 0 Å². The van der Waals surface area contributed by atoms with E-state index in [2.05, 4.69) is 0 Å². The third-order valence-corrected chi connectivity index (χ3v) is 5.78. The molecule has 2 amide bonds. The van der Waals surface area contributed by atoms with Gasteiger partial charge in [-0.3, -0.25) is 9.59 Å². The Morgan fingerprint density at radius 2 is 2.00 bits per heavy atom. The van der Waals surface area contributed by atoms with Crippen LogP contribution in [0.3, 0.4) is 0 Å². The Kier molecular flexibility index (Phi) is 4.26. The van der Waals surface area contributed by atoms with Gasteiger partial charge in [-0.1, -0.05) is 0 Å². The number of hydrogen-bond acceptors (Lipinski definition) is 4. The highest BCUT2D eigenvalue weighted by Crippen LogP contribution is 2.34. The topological polar surface area (TPSA) is 72.6 Å². The van der Waals surface area contributed by atoms with E-state index in [1.165, 1.54) is 11.3 Å². The molecule has 0 atom stereocenters. The van der Waals surface area contributed by atoms with E-state index in [0.29, 0.717) is 25.9 Å². The molecule has 2 aromatic rings. The number of aryl methyl sites for hydroxylation is 1. The second-order valence-corrected chi connectivity index (χ2v) is 6.94. The monoisotopic (exact) mass is 332 g/mol. The first-order chi connectivity index (χ1) is 11.0. The number of nitrogens with zero attached hydrogens (tertiary/aromatic N) is 1. The number of piperidine rings is 1. The van der Waals surface area contributed by atoms with Crippen LogP contribution in [0.5, 0.6) is 5.75 Å². The van der Waals surface area contributed by atoms with Gasteiger partial charge in [-0.15, -0.1) is 11.3 Å². The van der Waals surface area contributed by atoms with Gasteiger partial charge < -0.3 is 15.4 Å². The first-order valence-corrected chi connectivity index (χ1v) is 8.48. The minimum atomic E-state index is -0.262. The Labute approximate surface area is 139 Å². The molecular formula is C17H20N2O3S. The second kappa shape index (κ2) is 6.20. The average Bonchev–Trinajstić information content (AvgIpc) is 2.90. The Hall–Kier alpha value is -2.08. The molecule has 0 spiro atoms. The molecule has 2 heterocycles. The standard InChI is InChI=1S/C17H20N2O3S/c1-10-13-9-12(22-2)3-4-14(13)23-15(10)17(21)19-7-5-11(6-8-19)16(18)20/h3-4,9,11H,5-8H2,1-2H3,(H2,18,20). The predicted octanol–water partition coefficient (Wildman–Crippen LogP) is 2.56. The maximum Gasteiger partial charge on any atom is 0.264 e. The van der Waals surface area contributed by atoms with E-state index in [4.69, 9.17) is 10.5 Å². The quantitative estimate of drug-likeness (QED) is 0.939. The molecule has 0 saturated carbocycles. The Bertz CT molecular complexity index is 761. The molecule has 23 heavy (non-hydrogen) atoms. The van der Waals surface area contributed by atoms with E-state index in [0.717, 1.165) is 26.3 Å². The van der Waals surface area contributed by atoms with Crippen LogP contribution in [-0.4, -0.2) is 36.9 Å². The van der Waals surface area contributed by atoms with Crippen LogP contribution in [-0.2, 0) is 4.79 Å². The van der Waals surface area contributed by atoms with Crippen LogP contribution in [0.1, 0.15) is 28.1 Å². The number of primary amides is 1. The number of benzene rings is 1. The molecule has 0 aliphatic carbocycles. The summed E-state index contributed by atoms with van der Waals surface area (Å²) in [6, 6.07) is 5.87. The molecular weight excluding hydrogens is 312 g/mol. The second-order valence-electron chi connectivity index (χ2n) is 5.89. The molecule has 1 saturated heterocycles. The summed E-state index contributed by atoms with van der Waals surface area (Å²) in [5.41, 5.74) is 6.34. The zero-order valence-corrected chi connectivity index (χ0v) is 14.1. The maximum absolute atomic E-state index is 12.8. The van der Waals surface area contributed by atoms with Gasteiger partial charge in [0.05, 0.1) is 12.0 Å². The predicted molar refractivity (Wildman–Crippen MR) is 90.9 cm³/mol. The molecule has 1 fully saturated rings. The molecule has 0 unspecified atom stereocenters. The van der Waals surface area contributed by atoms with Gasteiger partial charge in [-0.25, -0.2) is 0 Å². The number of amides is 2. The van der Waals surface area contributed by atoms with Crippen molar-refractivity contribution in [2.45, 2.75) is 19.8 Å². The lowest BCUT2D eigenvalue weighted by Crippen LogP contribution is -2.41. The third kappa shape index (κ3) is 2.91. The molecule has 1 aliphatic heterocycles. The Morgan fingerprint density at radius 3 is 2.61 bits per heavy atom. The van der Waals surface area contributed by atoms with E-state index < -0.39 is 0 Å². The van der Waals surface area contributed by atoms with Crippen LogP contribution < -0.4 is 10.5 Å². The molecule has 6 heteroatoms. The highest BCUT2D eigenvalue weighted by Gasteiger charge is 2.28. The largest absolute Gasteiger partial charge is 0.497 e. The number of fused-ring (bicyclic) bond motifs is 1. The lowest BCUT2D eigenvalue weighted by molar-refractivity contribution is -0.123. The molecule has 122 valence electrons. The van der Waals surface area contributed by atoms with Crippen molar-refractivity contribution in [2.75, 3.05) is 20.2 Å². The van der Waals surface area contributed by atoms with E-state index in [9.17, 15) is 9.59 Å². The molecule has 1 aliphatic rings. The Balaban J connectivity index is 1.84. The average molecular weight is 332 g/mol. The van der Waals surface area contributed by atoms with Crippen molar-refractivity contribution in [3.63, 3.8) is 0 Å². The minimum Gasteiger partial charge on any atom is -0.497 e. The van der Waals surface area contributed by atoms with Crippen LogP contribution >= 0.6 is 11.3 Å². The van der Waals surface area contributed by atoms with E-state index in [1.54, 1.807) is 7.11 Å². The first-order valence-electron chi connectivity index (χ1n) is 7.67. The summed E-state index contributed by atoms with van der Waals surface area (Å²) in [5.74, 6) is 0.472. The van der Waals surface area contributed by atoms with Gasteiger partial charge in [0.15, 0.2) is 0 Å². The number of ether oxygens (including phenoxy) is 1. The summed E-state index contributed by atoms with van der Waals surface area (Å²) in [6.07, 6.45) is 1.30. The highest BCUT2D eigenvalue weighted by atomic mass is 32.1. The number of hydrogen-bond donors (Lipinski definition) is 1. The normalized spacial score (nSPS) is 15.8. The highest BCUT2D eigenvalue weighted by molar-refractivity contribution is 7.21. The fraction of sp³-hybridized carbons (Fsp3) is 0.412. The van der Waals surface area contributed by atoms with Gasteiger partial charge in [0.1, 0.15) is 5.75 Å². The lowest BCUT2D eigenvalue weighted by atomic mass is 9.96. The number of carbonyl (C=O) groups excluding carboxylic acids is 2. The molecule has 5 nitrogen and oxygen atoms in total. The number of carbonyl (C=O) groups is 2. The summed E-state index contributed by atoms with van der Waals surface area (Å²) in [7, 11) is 1.64. The van der Waals surface area contributed by atoms with Gasteiger partial charge in [0.2, 0.25) is 5.91 Å². The van der Waals surface area contributed by atoms with Crippen LogP contribution in [0.4, 0.5) is 0 Å². The van der Waals surface area contributed by atoms with Gasteiger partial charge in [-0.2, -0.15) is 0 Å². The van der Waals surface area contributed by atoms with Crippen LogP contribution in [0.2, 0.25) is 0 Å². The zero-order valence-electron chi connectivity index (χ0n) is 13.3. The fourth-order valence-corrected chi connectivity index (χ4v) is 4.20. The van der Waals surface area contributed by atoms with E-state index in [-0.39, 0.29) is 17.7 Å². The minimum absolute atomic E-state index is 0.0468. The summed E-state index contributed by atoms with van der Waals surface area (Å²) < 4.78 is 6.35. The molecule has 0 bridgehead atoms. The molecule has 2 N–H and O–H groups in total. The lowest BCUT2D eigenvalue weighted by Gasteiger charge is -2.30. The molecule has 3 rings (SSSR count). The number of methoxy groups -OCH3 is 1. The summed E-state index contributed by atoms with van der Waals surface area (Å²) in [6.45, 7) is 3.15. The van der Waals surface area contributed by atoms with Crippen molar-refractivity contribution in [3.05, 3.63) is 28.6 Å². The van der Waals surface area contributed by atoms with Crippen molar-refractivity contribution in [1.29, 1.82) is 0 Å². The van der Waals surface area contributed by atoms with Gasteiger partial charge in [-0.05, 0) is 48.9 Å². The summed E-state index contributed by atoms with van der Waals surface area (Å²) in [4.78, 5) is 26.6. The van der Waals surface area contributed by atoms with Crippen molar-refractivity contribution in [2.24, 2.45) is 11.7 Å². The number of likely N-dealkylation sites (tertiary alicyclic amines) is 1. The van der Waals surface area contributed by atoms with Crippen molar-refractivity contribution in [3.8, 4) is 5.75 Å². The molecule has 1 aromatic carbocycles. The smallest absolute Gasteiger partial charge is 0.264 e. The van der Waals surface area contributed by atoms with Gasteiger partial charge in [0.25, 0.3) is 5.91 Å². The SMILES string of the molecule is COc1ccc2sc(C(=O)N3CCC(C(N)=O)CC3)c(C)c2c1. The molecule has 0 radical (unpaired) electrons. The maximum atomic E-state index is 12.8. The Morgan fingerprint density at radius 1 is 1.30 bits per heavy atom. The number of thiophene rings is 1. The fourth-order valence-electron chi connectivity index (χ4n) is 3.04. The van der Waals surface area contributed by atoms with Crippen LogP contribution in [0.15, 0.2) is 18.2 Å². The summed E-state index contributed by atoms with van der Waals surface area (Å²) in [5, 5.41) is 1.06. The van der Waals surface area contributed by atoms with Gasteiger partial charge in [0, 0.05) is 23.7 Å². The van der Waals surface area contributed by atoms with E-state index in [1.807, 2.05) is 30.0 Å². The first kappa shape index (κ1) is 15.8. The number of rotatable bonds is 3. The van der Waals surface area contributed by atoms with Crippen molar-refractivity contribution < 1.29 is 14.3 Å². The van der Waals surface area contributed by atoms with E-state index >= 15 is 0 Å². The van der Waals surface area contributed by atoms with Crippen molar-refractivity contribution >= 4 is 33.2 Å². The third-order valence-electron chi connectivity index (χ3n) is 4.52.